The van der Waals surface area contributed by atoms with Crippen LogP contribution in [0.15, 0.2) is 30.6 Å². The highest BCUT2D eigenvalue weighted by Gasteiger charge is 2.25. The average molecular weight is 484 g/mol. The van der Waals surface area contributed by atoms with E-state index in [9.17, 15) is 4.79 Å². The maximum absolute atomic E-state index is 11.0. The number of carbonyl (C=O) groups is 1. The number of carbonyl (C=O) groups excluding carboxylic acids is 1. The lowest BCUT2D eigenvalue weighted by molar-refractivity contribution is -0.108. The predicted molar refractivity (Wildman–Crippen MR) is 142 cm³/mol. The maximum Gasteiger partial charge on any atom is 0.139 e. The number of nitrogens with zero attached hydrogens (tertiary/aromatic N) is 4. The van der Waals surface area contributed by atoms with Crippen LogP contribution in [-0.4, -0.2) is 46.6 Å². The highest BCUT2D eigenvalue weighted by atomic mass is 31.0. The highest BCUT2D eigenvalue weighted by molar-refractivity contribution is 7.07. The molecule has 4 rings (SSSR count). The number of methoxy groups -OCH3 is 1. The fourth-order valence-corrected chi connectivity index (χ4v) is 4.95. The van der Waals surface area contributed by atoms with E-state index in [4.69, 9.17) is 10.5 Å². The minimum absolute atomic E-state index is 0.224. The van der Waals surface area contributed by atoms with Gasteiger partial charge in [0, 0.05) is 31.2 Å². The number of piperidine rings is 1. The summed E-state index contributed by atoms with van der Waals surface area (Å²) in [4.78, 5) is 18.0. The van der Waals surface area contributed by atoms with E-state index < -0.39 is 0 Å². The van der Waals surface area contributed by atoms with Gasteiger partial charge in [-0.3, -0.25) is 0 Å². The summed E-state index contributed by atoms with van der Waals surface area (Å²) in [6.45, 7) is 9.53. The lowest BCUT2D eigenvalue weighted by Crippen LogP contribution is -2.43. The second kappa shape index (κ2) is 12.2. The van der Waals surface area contributed by atoms with Crippen LogP contribution < -0.4 is 15.4 Å². The van der Waals surface area contributed by atoms with Gasteiger partial charge in [-0.2, -0.15) is 0 Å². The Morgan fingerprint density at radius 2 is 2.12 bits per heavy atom. The molecule has 2 N–H and O–H groups in total. The number of aryl methyl sites for hydroxylation is 3. The number of ether oxygens (including phenoxy) is 1. The molecule has 0 aliphatic carbocycles. The lowest BCUT2D eigenvalue weighted by atomic mass is 10.1. The minimum atomic E-state index is 0.224. The smallest absolute Gasteiger partial charge is 0.139 e. The van der Waals surface area contributed by atoms with E-state index in [0.29, 0.717) is 6.54 Å². The Labute approximate surface area is 204 Å². The van der Waals surface area contributed by atoms with Crippen LogP contribution >= 0.6 is 8.86 Å². The van der Waals surface area contributed by atoms with Crippen molar-refractivity contribution in [2.24, 2.45) is 5.73 Å². The first-order valence-electron chi connectivity index (χ1n) is 12.1. The number of aldehydes is 1. The summed E-state index contributed by atoms with van der Waals surface area (Å²) >= 11 is 0. The van der Waals surface area contributed by atoms with Crippen LogP contribution in [0.25, 0.3) is 11.0 Å². The number of nitrogens with two attached hydrogens (primary N) is 1. The zero-order chi connectivity index (χ0) is 24.7. The van der Waals surface area contributed by atoms with Crippen LogP contribution in [-0.2, 0) is 17.9 Å². The van der Waals surface area contributed by atoms with Gasteiger partial charge in [0.05, 0.1) is 36.1 Å². The van der Waals surface area contributed by atoms with Crippen LogP contribution in [0.2, 0.25) is 0 Å². The third-order valence-electron chi connectivity index (χ3n) is 6.27. The lowest BCUT2D eigenvalue weighted by Gasteiger charge is -2.34. The first-order valence-corrected chi connectivity index (χ1v) is 12.6. The maximum atomic E-state index is 11.0. The van der Waals surface area contributed by atoms with E-state index in [1.165, 1.54) is 16.9 Å². The number of fused-ring (bicyclic) bond motifs is 1. The molecule has 0 bridgehead atoms. The monoisotopic (exact) mass is 483 g/mol. The van der Waals surface area contributed by atoms with Gasteiger partial charge in [0.15, 0.2) is 0 Å². The van der Waals surface area contributed by atoms with Crippen LogP contribution in [0.1, 0.15) is 43.7 Å². The summed E-state index contributed by atoms with van der Waals surface area (Å²) < 4.78 is 9.21. The molecule has 7 nitrogen and oxygen atoms in total. The van der Waals surface area contributed by atoms with Crippen molar-refractivity contribution in [3.8, 4) is 5.75 Å². The molecule has 8 heteroatoms. The molecule has 1 aliphatic rings. The molecule has 1 fully saturated rings. The normalized spacial score (nSPS) is 15.7. The van der Waals surface area contributed by atoms with Gasteiger partial charge in [-0.15, -0.1) is 0 Å². The Bertz CT molecular complexity index is 1170. The minimum Gasteiger partial charge on any atom is -0.497 e. The van der Waals surface area contributed by atoms with Gasteiger partial charge >= 0.3 is 0 Å². The summed E-state index contributed by atoms with van der Waals surface area (Å²) in [6, 6.07) is 8.19. The van der Waals surface area contributed by atoms with Crippen molar-refractivity contribution in [3.05, 3.63) is 46.8 Å². The Kier molecular flexibility index (Phi) is 9.31. The van der Waals surface area contributed by atoms with Crippen molar-refractivity contribution in [2.45, 2.75) is 65.6 Å². The van der Waals surface area contributed by atoms with Gasteiger partial charge < -0.3 is 29.3 Å². The quantitative estimate of drug-likeness (QED) is 0.388. The fourth-order valence-electron chi connectivity index (χ4n) is 4.54. The summed E-state index contributed by atoms with van der Waals surface area (Å²) in [6.07, 6.45) is 7.07. The van der Waals surface area contributed by atoms with Crippen LogP contribution in [0.4, 0.5) is 5.82 Å². The van der Waals surface area contributed by atoms with E-state index >= 15 is 0 Å². The zero-order valence-corrected chi connectivity index (χ0v) is 21.9. The van der Waals surface area contributed by atoms with Gasteiger partial charge in [-0.1, -0.05) is 34.3 Å². The second-order valence-electron chi connectivity index (χ2n) is 8.93. The molecule has 2 aromatic heterocycles. The Hall–Kier alpha value is -2.63. The van der Waals surface area contributed by atoms with Crippen molar-refractivity contribution >= 4 is 32.0 Å². The topological polar surface area (TPSA) is 78.3 Å². The molecule has 1 unspecified atom stereocenters. The molecular weight excluding hydrogens is 445 g/mol. The Morgan fingerprint density at radius 3 is 2.74 bits per heavy atom. The number of aromatic nitrogens is 3. The van der Waals surface area contributed by atoms with Crippen LogP contribution in [0, 0.1) is 18.9 Å². The molecule has 1 aromatic carbocycles. The van der Waals surface area contributed by atoms with Gasteiger partial charge in [-0.05, 0) is 50.8 Å². The number of hydrogen-bond acceptors (Lipinski definition) is 5. The van der Waals surface area contributed by atoms with E-state index in [0.717, 1.165) is 73.5 Å². The van der Waals surface area contributed by atoms with E-state index in [1.807, 2.05) is 35.8 Å². The summed E-state index contributed by atoms with van der Waals surface area (Å²) in [5, 5.41) is 0.906. The first kappa shape index (κ1) is 26.0. The summed E-state index contributed by atoms with van der Waals surface area (Å²) in [5.74, 6) is 2.16. The molecular formula is C26H38N5O2P. The molecule has 0 spiro atoms. The van der Waals surface area contributed by atoms with E-state index in [-0.39, 0.29) is 6.04 Å². The number of hydrogen-bond donors (Lipinski definition) is 1. The Balaban J connectivity index is 0.000000302. The van der Waals surface area contributed by atoms with Crippen molar-refractivity contribution in [2.75, 3.05) is 25.1 Å². The van der Waals surface area contributed by atoms with Crippen LogP contribution in [0.3, 0.4) is 0 Å². The number of anilines is 1. The van der Waals surface area contributed by atoms with Gasteiger partial charge in [-0.25, -0.2) is 4.98 Å². The third-order valence-corrected chi connectivity index (χ3v) is 6.79. The summed E-state index contributed by atoms with van der Waals surface area (Å²) in [5.41, 5.74) is 10.7. The van der Waals surface area contributed by atoms with E-state index in [1.54, 1.807) is 13.4 Å². The van der Waals surface area contributed by atoms with Crippen LogP contribution in [0.5, 0.6) is 5.75 Å². The predicted octanol–water partition coefficient (Wildman–Crippen LogP) is 4.75. The molecule has 1 aliphatic heterocycles. The molecule has 184 valence electrons. The van der Waals surface area contributed by atoms with Gasteiger partial charge in [0.1, 0.15) is 17.9 Å². The molecule has 0 saturated carbocycles. The molecule has 3 heterocycles. The largest absolute Gasteiger partial charge is 0.497 e. The molecule has 1 atom stereocenters. The van der Waals surface area contributed by atoms with Crippen molar-refractivity contribution in [3.63, 3.8) is 0 Å². The van der Waals surface area contributed by atoms with Crippen molar-refractivity contribution in [1.82, 2.24) is 14.1 Å². The average Bonchev–Trinajstić information content (AvgIpc) is 3.12. The summed E-state index contributed by atoms with van der Waals surface area (Å²) in [7, 11) is 5.44. The fraction of sp³-hybridized carbons (Fsp3) is 0.500. The number of unbranched alkanes of at least 4 members (excludes halogenated alkanes) is 1. The first-order chi connectivity index (χ1) is 16.4. The SMILES string of the molecule is CCCCn1c(N2CCCC(N)C2)c(C)c2ncn(CC=O)c(=P)c21.COc1cccc(C)c1. The van der Waals surface area contributed by atoms with E-state index in [2.05, 4.69) is 37.2 Å². The number of rotatable bonds is 7. The third kappa shape index (κ3) is 5.89. The molecule has 1 saturated heterocycles. The second-order valence-corrected chi connectivity index (χ2v) is 9.41. The molecule has 0 radical (unpaired) electrons. The standard InChI is InChI=1S/C18H28N5OP.C8H10O/c1-3-4-8-23-16-15(20-12-22(9-10-24)18(16)25)13(2)17(23)21-7-5-6-14(19)11-21;1-7-4-3-5-8(6-7)9-2/h10,12,14,25H,3-9,11,19H2,1-2H3;3-6H,1-2H3. The Morgan fingerprint density at radius 1 is 1.32 bits per heavy atom. The number of benzene rings is 1. The van der Waals surface area contributed by atoms with Crippen molar-refractivity contribution < 1.29 is 9.53 Å². The molecule has 3 aromatic rings. The zero-order valence-electron chi connectivity index (χ0n) is 20.9. The van der Waals surface area contributed by atoms with Gasteiger partial charge in [0.25, 0.3) is 0 Å². The molecule has 0 amide bonds. The highest BCUT2D eigenvalue weighted by Crippen LogP contribution is 2.33. The molecule has 34 heavy (non-hydrogen) atoms. The van der Waals surface area contributed by atoms with Crippen molar-refractivity contribution in [1.29, 1.82) is 0 Å². The van der Waals surface area contributed by atoms with Gasteiger partial charge in [0.2, 0.25) is 0 Å².